The summed E-state index contributed by atoms with van der Waals surface area (Å²) in [5.41, 5.74) is 14.4. The molecule has 4 nitrogen and oxygen atoms in total. The van der Waals surface area contributed by atoms with Gasteiger partial charge in [-0.3, -0.25) is 0 Å². The largest absolute Gasteiger partial charge is 0.456 e. The molecule has 0 unspecified atom stereocenters. The first kappa shape index (κ1) is 32.4. The van der Waals surface area contributed by atoms with Gasteiger partial charge in [0, 0.05) is 60.8 Å². The number of hydrogen-bond donors (Lipinski definition) is 0. The van der Waals surface area contributed by atoms with Crippen LogP contribution in [0.15, 0.2) is 217 Å². The number of para-hydroxylation sites is 5. The van der Waals surface area contributed by atoms with Gasteiger partial charge in [0.2, 0.25) is 0 Å². The van der Waals surface area contributed by atoms with Gasteiger partial charge in [-0.15, -0.1) is 0 Å². The van der Waals surface area contributed by atoms with E-state index in [4.69, 9.17) is 4.42 Å². The maximum absolute atomic E-state index is 6.22. The summed E-state index contributed by atoms with van der Waals surface area (Å²) in [6, 6.07) is 76.2. The molecule has 12 rings (SSSR count). The zero-order valence-electron chi connectivity index (χ0n) is 31.5. The van der Waals surface area contributed by atoms with Gasteiger partial charge in [-0.1, -0.05) is 115 Å². The van der Waals surface area contributed by atoms with Crippen LogP contribution in [0.2, 0.25) is 0 Å². The molecule has 0 amide bonds. The van der Waals surface area contributed by atoms with Crippen molar-refractivity contribution in [3.63, 3.8) is 0 Å². The third-order valence-electron chi connectivity index (χ3n) is 11.7. The van der Waals surface area contributed by atoms with Crippen molar-refractivity contribution >= 4 is 82.6 Å². The molecular weight excluding hydrogens is 707 g/mol. The zero-order valence-corrected chi connectivity index (χ0v) is 31.5. The highest BCUT2D eigenvalue weighted by Gasteiger charge is 2.20. The molecule has 0 fully saturated rings. The Labute approximate surface area is 334 Å². The van der Waals surface area contributed by atoms with Crippen molar-refractivity contribution in [1.82, 2.24) is 9.13 Å². The molecule has 3 aromatic heterocycles. The van der Waals surface area contributed by atoms with Crippen LogP contribution < -0.4 is 4.90 Å². The maximum Gasteiger partial charge on any atom is 0.135 e. The first-order chi connectivity index (χ1) is 28.8. The van der Waals surface area contributed by atoms with Crippen LogP contribution in [0.5, 0.6) is 0 Å². The van der Waals surface area contributed by atoms with Crippen molar-refractivity contribution in [3.8, 4) is 22.5 Å². The highest BCUT2D eigenvalue weighted by Crippen LogP contribution is 2.43. The monoisotopic (exact) mass is 741 g/mol. The van der Waals surface area contributed by atoms with Crippen LogP contribution in [0.25, 0.3) is 88.1 Å². The number of nitrogens with zero attached hydrogens (tertiary/aromatic N) is 3. The number of rotatable bonds is 6. The minimum atomic E-state index is 0.884. The van der Waals surface area contributed by atoms with Gasteiger partial charge >= 0.3 is 0 Å². The van der Waals surface area contributed by atoms with E-state index in [1.165, 1.54) is 54.7 Å². The van der Waals surface area contributed by atoms with Crippen molar-refractivity contribution < 1.29 is 4.42 Å². The number of furan rings is 1. The van der Waals surface area contributed by atoms with Gasteiger partial charge in [-0.2, -0.15) is 0 Å². The fourth-order valence-electron chi connectivity index (χ4n) is 9.18. The van der Waals surface area contributed by atoms with E-state index in [-0.39, 0.29) is 0 Å². The second-order valence-electron chi connectivity index (χ2n) is 14.9. The molecular formula is C54H35N3O. The number of hydrogen-bond acceptors (Lipinski definition) is 2. The lowest BCUT2D eigenvalue weighted by Gasteiger charge is -2.26. The molecule has 4 heteroatoms. The summed E-state index contributed by atoms with van der Waals surface area (Å²) < 4.78 is 11.0. The molecule has 0 spiro atoms. The number of anilines is 3. The summed E-state index contributed by atoms with van der Waals surface area (Å²) in [5.74, 6) is 0. The van der Waals surface area contributed by atoms with Crippen LogP contribution >= 0.6 is 0 Å². The van der Waals surface area contributed by atoms with E-state index in [1.807, 2.05) is 12.1 Å². The maximum atomic E-state index is 6.22. The van der Waals surface area contributed by atoms with Crippen LogP contribution in [0.4, 0.5) is 17.1 Å². The van der Waals surface area contributed by atoms with Gasteiger partial charge < -0.3 is 18.5 Å². The minimum Gasteiger partial charge on any atom is -0.456 e. The van der Waals surface area contributed by atoms with Gasteiger partial charge in [0.15, 0.2) is 0 Å². The lowest BCUT2D eigenvalue weighted by molar-refractivity contribution is 0.669. The summed E-state index contributed by atoms with van der Waals surface area (Å²) in [6.07, 6.45) is 0. The molecule has 3 heterocycles. The summed E-state index contributed by atoms with van der Waals surface area (Å²) in [4.78, 5) is 2.34. The number of aromatic nitrogens is 2. The fourth-order valence-corrected chi connectivity index (χ4v) is 9.18. The molecule has 0 saturated carbocycles. The predicted octanol–water partition coefficient (Wildman–Crippen LogP) is 14.9. The van der Waals surface area contributed by atoms with Crippen LogP contribution in [0.3, 0.4) is 0 Å². The summed E-state index contributed by atoms with van der Waals surface area (Å²) in [6.45, 7) is 0. The molecule has 0 aliphatic carbocycles. The molecule has 0 N–H and O–H groups in total. The van der Waals surface area contributed by atoms with E-state index in [0.717, 1.165) is 50.4 Å². The molecule has 9 aromatic carbocycles. The Balaban J connectivity index is 1.03. The van der Waals surface area contributed by atoms with E-state index in [9.17, 15) is 0 Å². The molecule has 0 bridgehead atoms. The predicted molar refractivity (Wildman–Crippen MR) is 243 cm³/mol. The van der Waals surface area contributed by atoms with Gasteiger partial charge in [-0.25, -0.2) is 0 Å². The molecule has 272 valence electrons. The lowest BCUT2D eigenvalue weighted by Crippen LogP contribution is -2.10. The second-order valence-corrected chi connectivity index (χ2v) is 14.9. The van der Waals surface area contributed by atoms with Crippen molar-refractivity contribution in [1.29, 1.82) is 0 Å². The van der Waals surface area contributed by atoms with Gasteiger partial charge in [0.05, 0.1) is 22.1 Å². The molecule has 0 saturated heterocycles. The van der Waals surface area contributed by atoms with Crippen LogP contribution in [0.1, 0.15) is 0 Å². The molecule has 58 heavy (non-hydrogen) atoms. The Morgan fingerprint density at radius 2 is 0.914 bits per heavy atom. The lowest BCUT2D eigenvalue weighted by atomic mass is 9.98. The SMILES string of the molecule is c1ccc(N(c2cccc(-n3c4ccccc4c4cc(-c5cccc6c5c5ccccc5n6-c5ccccc5)ccc43)c2)c2ccc3oc4ccccc4c3c2)cc1. The Morgan fingerprint density at radius 3 is 1.76 bits per heavy atom. The highest BCUT2D eigenvalue weighted by atomic mass is 16.3. The van der Waals surface area contributed by atoms with E-state index >= 15 is 0 Å². The highest BCUT2D eigenvalue weighted by molar-refractivity contribution is 6.17. The summed E-state index contributed by atoms with van der Waals surface area (Å²) in [7, 11) is 0. The molecule has 0 aliphatic heterocycles. The standard InChI is InChI=1S/C54H35N3O/c1-3-15-37(16-4-1)55(41-30-32-53-47(35-41)44-22-9-12-28-52(44)58-53)39-19-13-20-40(34-39)57-48-25-10-7-21-43(48)46-33-36(29-31-50(46)57)42-24-14-27-51-54(42)45-23-8-11-26-49(45)56(51)38-17-5-2-6-18-38/h1-35H. The van der Waals surface area contributed by atoms with Crippen molar-refractivity contribution in [2.45, 2.75) is 0 Å². The quantitative estimate of drug-likeness (QED) is 0.170. The Hall–Kier alpha value is -7.82. The second kappa shape index (κ2) is 12.9. The summed E-state index contributed by atoms with van der Waals surface area (Å²) >= 11 is 0. The molecule has 0 radical (unpaired) electrons. The van der Waals surface area contributed by atoms with Crippen LogP contribution in [-0.4, -0.2) is 9.13 Å². The average Bonchev–Trinajstić information content (AvgIpc) is 3.95. The smallest absolute Gasteiger partial charge is 0.135 e. The van der Waals surface area contributed by atoms with E-state index in [2.05, 4.69) is 214 Å². The third-order valence-corrected chi connectivity index (χ3v) is 11.7. The fraction of sp³-hybridized carbons (Fsp3) is 0. The van der Waals surface area contributed by atoms with Crippen molar-refractivity contribution in [2.24, 2.45) is 0 Å². The minimum absolute atomic E-state index is 0.884. The van der Waals surface area contributed by atoms with Crippen molar-refractivity contribution in [3.05, 3.63) is 212 Å². The van der Waals surface area contributed by atoms with Gasteiger partial charge in [0.25, 0.3) is 0 Å². The Bertz CT molecular complexity index is 3520. The van der Waals surface area contributed by atoms with Crippen molar-refractivity contribution in [2.75, 3.05) is 4.90 Å². The average molecular weight is 742 g/mol. The molecule has 0 aliphatic rings. The van der Waals surface area contributed by atoms with Gasteiger partial charge in [-0.05, 0) is 108 Å². The normalized spacial score (nSPS) is 11.8. The Kier molecular flexibility index (Phi) is 7.20. The van der Waals surface area contributed by atoms with E-state index in [0.29, 0.717) is 0 Å². The van der Waals surface area contributed by atoms with Gasteiger partial charge in [0.1, 0.15) is 11.2 Å². The first-order valence-corrected chi connectivity index (χ1v) is 19.8. The van der Waals surface area contributed by atoms with E-state index in [1.54, 1.807) is 0 Å². The third kappa shape index (κ3) is 4.95. The number of fused-ring (bicyclic) bond motifs is 9. The molecule has 12 aromatic rings. The van der Waals surface area contributed by atoms with Crippen LogP contribution in [-0.2, 0) is 0 Å². The number of benzene rings is 9. The molecule has 0 atom stereocenters. The topological polar surface area (TPSA) is 26.2 Å². The zero-order chi connectivity index (χ0) is 38.2. The Morgan fingerprint density at radius 1 is 0.328 bits per heavy atom. The van der Waals surface area contributed by atoms with Crippen LogP contribution in [0, 0.1) is 0 Å². The summed E-state index contributed by atoms with van der Waals surface area (Å²) in [5, 5.41) is 7.17. The van der Waals surface area contributed by atoms with E-state index < -0.39 is 0 Å². The first-order valence-electron chi connectivity index (χ1n) is 19.8.